The van der Waals surface area contributed by atoms with Crippen molar-refractivity contribution in [1.82, 2.24) is 5.32 Å². The molecule has 2 rings (SSSR count). The number of nitrogens with one attached hydrogen (secondary N) is 1. The summed E-state index contributed by atoms with van der Waals surface area (Å²) in [6, 6.07) is 5.17. The van der Waals surface area contributed by atoms with E-state index in [-0.39, 0.29) is 5.82 Å². The van der Waals surface area contributed by atoms with Crippen molar-refractivity contribution in [3.8, 4) is 0 Å². The topological polar surface area (TPSA) is 64.3 Å². The fourth-order valence-corrected chi connectivity index (χ4v) is 2.39. The van der Waals surface area contributed by atoms with Gasteiger partial charge in [-0.25, -0.2) is 4.39 Å². The molecule has 0 spiro atoms. The Balaban J connectivity index is 2.02. The number of carbonyl (C=O) groups is 1. The average Bonchev–Trinajstić information content (AvgIpc) is 2.43. The molecule has 0 bridgehead atoms. The van der Waals surface area contributed by atoms with Gasteiger partial charge in [0.2, 0.25) is 5.91 Å². The standard InChI is InChI=1S/C14H20BFN2O2/c15-12-2-1-9(7-13(12)16)11(14(17)19)8-18-10-3-5-20-6-4-10/h1-2,7,10-11,18H,3-6,8,15H2,(H2,17,19). The Bertz CT molecular complexity index is 478. The lowest BCUT2D eigenvalue weighted by molar-refractivity contribution is -0.119. The number of primary amides is 1. The van der Waals surface area contributed by atoms with Crippen LogP contribution in [0.1, 0.15) is 24.3 Å². The maximum absolute atomic E-state index is 13.6. The summed E-state index contributed by atoms with van der Waals surface area (Å²) in [5.74, 6) is -1.25. The van der Waals surface area contributed by atoms with E-state index in [1.54, 1.807) is 20.0 Å². The van der Waals surface area contributed by atoms with E-state index >= 15 is 0 Å². The number of halogens is 1. The Morgan fingerprint density at radius 2 is 2.20 bits per heavy atom. The van der Waals surface area contributed by atoms with Gasteiger partial charge in [-0.15, -0.1) is 0 Å². The van der Waals surface area contributed by atoms with E-state index in [1.807, 2.05) is 0 Å². The molecule has 4 nitrogen and oxygen atoms in total. The first kappa shape index (κ1) is 15.0. The van der Waals surface area contributed by atoms with Gasteiger partial charge in [-0.05, 0) is 24.5 Å². The number of carbonyl (C=O) groups excluding carboxylic acids is 1. The molecule has 20 heavy (non-hydrogen) atoms. The average molecular weight is 278 g/mol. The van der Waals surface area contributed by atoms with Gasteiger partial charge in [0.05, 0.1) is 5.92 Å². The number of nitrogens with two attached hydrogens (primary N) is 1. The Hall–Kier alpha value is -1.40. The van der Waals surface area contributed by atoms with Gasteiger partial charge in [0.1, 0.15) is 13.7 Å². The zero-order chi connectivity index (χ0) is 14.5. The number of hydrogen-bond acceptors (Lipinski definition) is 3. The summed E-state index contributed by atoms with van der Waals surface area (Å²) in [6.45, 7) is 1.90. The van der Waals surface area contributed by atoms with E-state index in [0.29, 0.717) is 23.6 Å². The highest BCUT2D eigenvalue weighted by molar-refractivity contribution is 6.32. The van der Waals surface area contributed by atoms with Gasteiger partial charge in [0.15, 0.2) is 0 Å². The van der Waals surface area contributed by atoms with Crippen molar-refractivity contribution in [2.24, 2.45) is 5.73 Å². The number of ether oxygens (including phenoxy) is 1. The van der Waals surface area contributed by atoms with Gasteiger partial charge < -0.3 is 15.8 Å². The second kappa shape index (κ2) is 6.86. The lowest BCUT2D eigenvalue weighted by Crippen LogP contribution is -2.40. The van der Waals surface area contributed by atoms with Crippen LogP contribution in [0.4, 0.5) is 4.39 Å². The van der Waals surface area contributed by atoms with Gasteiger partial charge in [-0.1, -0.05) is 17.6 Å². The predicted molar refractivity (Wildman–Crippen MR) is 78.4 cm³/mol. The van der Waals surface area contributed by atoms with Gasteiger partial charge in [0, 0.05) is 25.8 Å². The zero-order valence-corrected chi connectivity index (χ0v) is 11.7. The molecule has 1 aromatic carbocycles. The lowest BCUT2D eigenvalue weighted by atomic mass is 9.90. The van der Waals surface area contributed by atoms with Gasteiger partial charge in [0.25, 0.3) is 0 Å². The minimum absolute atomic E-state index is 0.306. The first-order valence-corrected chi connectivity index (χ1v) is 6.94. The molecule has 1 fully saturated rings. The van der Waals surface area contributed by atoms with Crippen molar-refractivity contribution < 1.29 is 13.9 Å². The number of benzene rings is 1. The second-order valence-electron chi connectivity index (χ2n) is 5.26. The number of amides is 1. The van der Waals surface area contributed by atoms with Crippen LogP contribution < -0.4 is 16.5 Å². The van der Waals surface area contributed by atoms with Crippen LogP contribution in [0, 0.1) is 5.82 Å². The molecule has 1 aliphatic heterocycles. The van der Waals surface area contributed by atoms with E-state index in [9.17, 15) is 9.18 Å². The van der Waals surface area contributed by atoms with Crippen molar-refractivity contribution in [2.45, 2.75) is 24.8 Å². The van der Waals surface area contributed by atoms with Gasteiger partial charge >= 0.3 is 0 Å². The van der Waals surface area contributed by atoms with E-state index in [2.05, 4.69) is 5.32 Å². The summed E-state index contributed by atoms with van der Waals surface area (Å²) in [4.78, 5) is 11.6. The minimum Gasteiger partial charge on any atom is -0.381 e. The maximum Gasteiger partial charge on any atom is 0.226 e. The van der Waals surface area contributed by atoms with Crippen LogP contribution in [0.3, 0.4) is 0 Å². The summed E-state index contributed by atoms with van der Waals surface area (Å²) >= 11 is 0. The molecule has 0 radical (unpaired) electrons. The van der Waals surface area contributed by atoms with Crippen molar-refractivity contribution in [1.29, 1.82) is 0 Å². The first-order chi connectivity index (χ1) is 9.58. The van der Waals surface area contributed by atoms with Gasteiger partial charge in [-0.2, -0.15) is 0 Å². The van der Waals surface area contributed by atoms with Crippen molar-refractivity contribution in [2.75, 3.05) is 19.8 Å². The molecule has 1 aliphatic rings. The molecule has 1 saturated heterocycles. The molecule has 6 heteroatoms. The van der Waals surface area contributed by atoms with Crippen LogP contribution in [0.25, 0.3) is 0 Å². The van der Waals surface area contributed by atoms with Crippen molar-refractivity contribution >= 4 is 19.2 Å². The number of rotatable bonds is 5. The Labute approximate surface area is 119 Å². The molecule has 1 heterocycles. The molecule has 1 amide bonds. The van der Waals surface area contributed by atoms with Crippen molar-refractivity contribution in [3.05, 3.63) is 29.6 Å². The summed E-state index contributed by atoms with van der Waals surface area (Å²) in [5, 5.41) is 3.33. The third-order valence-corrected chi connectivity index (χ3v) is 3.77. The predicted octanol–water partition coefficient (Wildman–Crippen LogP) is -0.578. The highest BCUT2D eigenvalue weighted by atomic mass is 19.1. The highest BCUT2D eigenvalue weighted by Crippen LogP contribution is 2.16. The lowest BCUT2D eigenvalue weighted by Gasteiger charge is -2.25. The van der Waals surface area contributed by atoms with Crippen LogP contribution in [-0.2, 0) is 9.53 Å². The zero-order valence-electron chi connectivity index (χ0n) is 11.7. The minimum atomic E-state index is -0.507. The fourth-order valence-electron chi connectivity index (χ4n) is 2.39. The van der Waals surface area contributed by atoms with Gasteiger partial charge in [-0.3, -0.25) is 4.79 Å². The second-order valence-corrected chi connectivity index (χ2v) is 5.26. The molecular formula is C14H20BFN2O2. The molecule has 1 atom stereocenters. The monoisotopic (exact) mass is 278 g/mol. The van der Waals surface area contributed by atoms with Crippen LogP contribution >= 0.6 is 0 Å². The largest absolute Gasteiger partial charge is 0.381 e. The van der Waals surface area contributed by atoms with E-state index in [4.69, 9.17) is 10.5 Å². The number of hydrogen-bond donors (Lipinski definition) is 2. The SMILES string of the molecule is Bc1ccc(C(CNC2CCOCC2)C(N)=O)cc1F. The maximum atomic E-state index is 13.6. The van der Waals surface area contributed by atoms with E-state index in [0.717, 1.165) is 26.1 Å². The highest BCUT2D eigenvalue weighted by Gasteiger charge is 2.21. The molecule has 1 aromatic rings. The third-order valence-electron chi connectivity index (χ3n) is 3.77. The molecule has 1 unspecified atom stereocenters. The quantitative estimate of drug-likeness (QED) is 0.708. The Kier molecular flexibility index (Phi) is 5.14. The first-order valence-electron chi connectivity index (χ1n) is 6.94. The molecule has 108 valence electrons. The summed E-state index contributed by atoms with van der Waals surface area (Å²) in [5.41, 5.74) is 6.64. The molecule has 0 saturated carbocycles. The van der Waals surface area contributed by atoms with E-state index in [1.165, 1.54) is 6.07 Å². The Morgan fingerprint density at radius 3 is 2.80 bits per heavy atom. The smallest absolute Gasteiger partial charge is 0.226 e. The van der Waals surface area contributed by atoms with Crippen LogP contribution in [0.15, 0.2) is 18.2 Å². The summed E-state index contributed by atoms with van der Waals surface area (Å²) in [7, 11) is 1.69. The molecular weight excluding hydrogens is 258 g/mol. The molecule has 3 N–H and O–H groups in total. The third kappa shape index (κ3) is 3.80. The van der Waals surface area contributed by atoms with Crippen LogP contribution in [-0.4, -0.2) is 39.6 Å². The normalized spacial score (nSPS) is 17.9. The summed E-state index contributed by atoms with van der Waals surface area (Å²) in [6.07, 6.45) is 1.85. The molecule has 0 aliphatic carbocycles. The Morgan fingerprint density at radius 1 is 1.50 bits per heavy atom. The molecule has 0 aromatic heterocycles. The summed E-state index contributed by atoms with van der Waals surface area (Å²) < 4.78 is 18.9. The van der Waals surface area contributed by atoms with E-state index < -0.39 is 11.8 Å². The fraction of sp³-hybridized carbons (Fsp3) is 0.500. The van der Waals surface area contributed by atoms with Crippen LogP contribution in [0.2, 0.25) is 0 Å². The van der Waals surface area contributed by atoms with Crippen LogP contribution in [0.5, 0.6) is 0 Å². The van der Waals surface area contributed by atoms with Crippen molar-refractivity contribution in [3.63, 3.8) is 0 Å².